The van der Waals surface area contributed by atoms with E-state index in [4.69, 9.17) is 9.47 Å². The van der Waals surface area contributed by atoms with E-state index < -0.39 is 28.2 Å². The first-order valence-corrected chi connectivity index (χ1v) is 7.41. The molecule has 3 atom stereocenters. The molecule has 1 amide bonds. The summed E-state index contributed by atoms with van der Waals surface area (Å²) in [6, 6.07) is 5.99. The molecule has 1 saturated heterocycles. The van der Waals surface area contributed by atoms with Gasteiger partial charge < -0.3 is 19.9 Å². The number of amides is 1. The second-order valence-electron chi connectivity index (χ2n) is 4.77. The number of fused-ring (bicyclic) bond motifs is 1. The van der Waals surface area contributed by atoms with Crippen molar-refractivity contribution < 1.29 is 29.0 Å². The van der Waals surface area contributed by atoms with Crippen LogP contribution in [0.2, 0.25) is 0 Å². The Morgan fingerprint density at radius 1 is 1.32 bits per heavy atom. The van der Waals surface area contributed by atoms with Crippen LogP contribution in [0, 0.1) is 0 Å². The fourth-order valence-electron chi connectivity index (χ4n) is 2.28. The van der Waals surface area contributed by atoms with Crippen LogP contribution >= 0.6 is 22.6 Å². The Hall–Kier alpha value is -1.94. The number of carbonyl (C=O) groups excluding carboxylic acids is 3. The van der Waals surface area contributed by atoms with E-state index in [-0.39, 0.29) is 22.8 Å². The Bertz CT molecular complexity index is 700. The molecule has 22 heavy (non-hydrogen) atoms. The maximum Gasteiger partial charge on any atom is 0.367 e. The number of aromatic hydroxyl groups is 1. The fraction of sp³-hybridized carbons (Fsp3) is 0.214. The van der Waals surface area contributed by atoms with Crippen molar-refractivity contribution in [1.82, 2.24) is 5.32 Å². The van der Waals surface area contributed by atoms with Crippen molar-refractivity contribution in [2.75, 3.05) is 0 Å². The van der Waals surface area contributed by atoms with Gasteiger partial charge in [-0.15, -0.1) is 0 Å². The predicted octanol–water partition coefficient (Wildman–Crippen LogP) is 1.30. The Balaban J connectivity index is 1.83. The number of halogens is 1. The van der Waals surface area contributed by atoms with E-state index in [1.54, 1.807) is 12.1 Å². The zero-order valence-corrected chi connectivity index (χ0v) is 13.1. The normalized spacial score (nSPS) is 25.8. The maximum atomic E-state index is 12.2. The molecule has 0 saturated carbocycles. The van der Waals surface area contributed by atoms with Gasteiger partial charge in [-0.25, -0.2) is 4.79 Å². The number of carbonyl (C=O) groups is 3. The lowest BCUT2D eigenvalue weighted by Crippen LogP contribution is -2.39. The molecule has 0 spiro atoms. The minimum atomic E-state index is -0.845. The van der Waals surface area contributed by atoms with Crippen LogP contribution in [0.15, 0.2) is 36.0 Å². The molecule has 1 aromatic rings. The third kappa shape index (κ3) is 2.83. The summed E-state index contributed by atoms with van der Waals surface area (Å²) in [5.41, 5.74) is 0.191. The highest BCUT2D eigenvalue weighted by Gasteiger charge is 2.55. The van der Waals surface area contributed by atoms with Crippen LogP contribution in [0.25, 0.3) is 0 Å². The Morgan fingerprint density at radius 3 is 2.73 bits per heavy atom. The van der Waals surface area contributed by atoms with Gasteiger partial charge in [-0.2, -0.15) is 0 Å². The van der Waals surface area contributed by atoms with Gasteiger partial charge in [0.1, 0.15) is 11.9 Å². The van der Waals surface area contributed by atoms with Crippen molar-refractivity contribution in [3.05, 3.63) is 41.6 Å². The number of phenols is 1. The molecular formula is C14H10INO6. The fourth-order valence-corrected chi connectivity index (χ4v) is 2.55. The lowest BCUT2D eigenvalue weighted by atomic mass is 10.00. The third-order valence-electron chi connectivity index (χ3n) is 3.33. The summed E-state index contributed by atoms with van der Waals surface area (Å²) >= 11 is 1.46. The largest absolute Gasteiger partial charge is 0.507 e. The second kappa shape index (κ2) is 5.69. The molecule has 8 heteroatoms. The average molecular weight is 415 g/mol. The zero-order chi connectivity index (χ0) is 15.9. The van der Waals surface area contributed by atoms with Gasteiger partial charge in [0.15, 0.2) is 18.0 Å². The number of rotatable bonds is 3. The predicted molar refractivity (Wildman–Crippen MR) is 81.6 cm³/mol. The molecule has 1 fully saturated rings. The SMILES string of the molecule is O=C(I)OC1C(NC(=O)c2ccccc2O)=CC(=O)C2OC21. The van der Waals surface area contributed by atoms with Crippen molar-refractivity contribution >= 4 is 38.3 Å². The Morgan fingerprint density at radius 2 is 2.05 bits per heavy atom. The van der Waals surface area contributed by atoms with Gasteiger partial charge in [0.05, 0.1) is 33.9 Å². The molecule has 2 aliphatic rings. The molecule has 1 aliphatic carbocycles. The van der Waals surface area contributed by atoms with Gasteiger partial charge in [-0.3, -0.25) is 9.59 Å². The van der Waals surface area contributed by atoms with E-state index in [9.17, 15) is 19.5 Å². The van der Waals surface area contributed by atoms with Crippen LogP contribution in [0.1, 0.15) is 10.4 Å². The van der Waals surface area contributed by atoms with Crippen LogP contribution in [0.4, 0.5) is 4.79 Å². The molecular weight excluding hydrogens is 405 g/mol. The quantitative estimate of drug-likeness (QED) is 0.438. The number of hydrogen-bond donors (Lipinski definition) is 2. The molecule has 1 aliphatic heterocycles. The Labute approximate surface area is 138 Å². The molecule has 1 aromatic carbocycles. The zero-order valence-electron chi connectivity index (χ0n) is 11.0. The van der Waals surface area contributed by atoms with Crippen molar-refractivity contribution in [2.24, 2.45) is 0 Å². The van der Waals surface area contributed by atoms with Crippen molar-refractivity contribution in [1.29, 1.82) is 0 Å². The first-order chi connectivity index (χ1) is 10.5. The minimum absolute atomic E-state index is 0.0502. The third-order valence-corrected chi connectivity index (χ3v) is 3.59. The summed E-state index contributed by atoms with van der Waals surface area (Å²) in [6.45, 7) is 0. The number of phenolic OH excluding ortho intramolecular Hbond substituents is 1. The molecule has 114 valence electrons. The second-order valence-corrected chi connectivity index (χ2v) is 5.65. The van der Waals surface area contributed by atoms with E-state index in [0.29, 0.717) is 0 Å². The standard InChI is InChI=1S/C14H10INO6/c15-14(20)22-10-7(5-9(18)11-12(10)21-11)16-13(19)6-3-1-2-4-8(6)17/h1-5,10-12,17H,(H,16,19). The van der Waals surface area contributed by atoms with Gasteiger partial charge in [0, 0.05) is 6.08 Å². The number of hydrogen-bond acceptors (Lipinski definition) is 6. The van der Waals surface area contributed by atoms with Crippen molar-refractivity contribution in [2.45, 2.75) is 18.3 Å². The van der Waals surface area contributed by atoms with Crippen LogP contribution in [-0.2, 0) is 14.3 Å². The molecule has 3 rings (SSSR count). The summed E-state index contributed by atoms with van der Waals surface area (Å²) in [6.07, 6.45) is -0.847. The first kappa shape index (κ1) is 15.0. The number of nitrogens with one attached hydrogen (secondary N) is 1. The summed E-state index contributed by atoms with van der Waals surface area (Å²) in [5, 5.41) is 12.2. The molecule has 7 nitrogen and oxygen atoms in total. The van der Waals surface area contributed by atoms with E-state index in [2.05, 4.69) is 5.32 Å². The summed E-state index contributed by atoms with van der Waals surface area (Å²) < 4.78 is 9.68. The van der Waals surface area contributed by atoms with Gasteiger partial charge in [0.2, 0.25) is 0 Å². The highest BCUT2D eigenvalue weighted by Crippen LogP contribution is 2.36. The van der Waals surface area contributed by atoms with E-state index >= 15 is 0 Å². The summed E-state index contributed by atoms with van der Waals surface area (Å²) in [5.74, 6) is -1.09. The monoisotopic (exact) mass is 415 g/mol. The van der Waals surface area contributed by atoms with Crippen LogP contribution in [0.3, 0.4) is 0 Å². The number of benzene rings is 1. The first-order valence-electron chi connectivity index (χ1n) is 6.33. The minimum Gasteiger partial charge on any atom is -0.507 e. The average Bonchev–Trinajstić information content (AvgIpc) is 3.24. The lowest BCUT2D eigenvalue weighted by molar-refractivity contribution is -0.116. The number of ether oxygens (including phenoxy) is 2. The van der Waals surface area contributed by atoms with Crippen LogP contribution in [0.5, 0.6) is 5.75 Å². The summed E-state index contributed by atoms with van der Waals surface area (Å²) in [7, 11) is 0. The van der Waals surface area contributed by atoms with E-state index in [1.807, 2.05) is 0 Å². The Kier molecular flexibility index (Phi) is 3.87. The van der Waals surface area contributed by atoms with Crippen molar-refractivity contribution in [3.63, 3.8) is 0 Å². The molecule has 0 aromatic heterocycles. The molecule has 0 radical (unpaired) electrons. The van der Waals surface area contributed by atoms with Gasteiger partial charge in [-0.05, 0) is 12.1 Å². The summed E-state index contributed by atoms with van der Waals surface area (Å²) in [4.78, 5) is 35.1. The number of para-hydroxylation sites is 1. The van der Waals surface area contributed by atoms with Gasteiger partial charge in [-0.1, -0.05) is 12.1 Å². The van der Waals surface area contributed by atoms with Gasteiger partial charge >= 0.3 is 3.98 Å². The van der Waals surface area contributed by atoms with Crippen LogP contribution in [-0.4, -0.2) is 39.1 Å². The highest BCUT2D eigenvalue weighted by atomic mass is 127. The van der Waals surface area contributed by atoms with E-state index in [1.165, 1.54) is 40.8 Å². The maximum absolute atomic E-state index is 12.2. The smallest absolute Gasteiger partial charge is 0.367 e. The van der Waals surface area contributed by atoms with Crippen molar-refractivity contribution in [3.8, 4) is 5.75 Å². The number of epoxide rings is 1. The number of ketones is 1. The highest BCUT2D eigenvalue weighted by molar-refractivity contribution is 14.1. The van der Waals surface area contributed by atoms with Gasteiger partial charge in [0.25, 0.3) is 5.91 Å². The topological polar surface area (TPSA) is 105 Å². The molecule has 3 unspecified atom stereocenters. The molecule has 2 N–H and O–H groups in total. The lowest BCUT2D eigenvalue weighted by Gasteiger charge is -2.21. The van der Waals surface area contributed by atoms with E-state index in [0.717, 1.165) is 0 Å². The van der Waals surface area contributed by atoms with Crippen LogP contribution < -0.4 is 5.32 Å². The molecule has 0 bridgehead atoms. The molecule has 1 heterocycles.